The first-order valence-electron chi connectivity index (χ1n) is 3.21. The molecule has 0 spiro atoms. The fraction of sp³-hybridized carbons (Fsp3) is 0. The van der Waals surface area contributed by atoms with Gasteiger partial charge in [0.25, 0.3) is 0 Å². The van der Waals surface area contributed by atoms with Crippen molar-refractivity contribution in [2.75, 3.05) is 0 Å². The Hall–Kier alpha value is 0.0500. The van der Waals surface area contributed by atoms with Crippen molar-refractivity contribution in [2.45, 2.75) is 0 Å². The second-order valence-corrected chi connectivity index (χ2v) is 4.82. The van der Waals surface area contributed by atoms with Crippen LogP contribution in [0.15, 0.2) is 18.2 Å². The number of rotatable bonds is 0. The number of benzene rings is 1. The molecule has 0 aliphatic carbocycles. The van der Waals surface area contributed by atoms with Gasteiger partial charge in [-0.05, 0) is 18.2 Å². The van der Waals surface area contributed by atoms with Crippen molar-refractivity contribution in [2.24, 2.45) is 0 Å². The van der Waals surface area contributed by atoms with E-state index in [1.165, 1.54) is 11.3 Å². The van der Waals surface area contributed by atoms with Crippen LogP contribution in [-0.2, 0) is 0 Å². The first-order chi connectivity index (χ1) is 5.68. The van der Waals surface area contributed by atoms with Gasteiger partial charge in [0.05, 0.1) is 14.1 Å². The molecule has 0 saturated carbocycles. The molecule has 0 unspecified atom stereocenters. The molecule has 12 heavy (non-hydrogen) atoms. The molecule has 0 atom stereocenters. The van der Waals surface area contributed by atoms with Gasteiger partial charge < -0.3 is 0 Å². The largest absolute Gasteiger partial charge is 0.122 e. The van der Waals surface area contributed by atoms with Gasteiger partial charge >= 0.3 is 0 Å². The van der Waals surface area contributed by atoms with E-state index >= 15 is 0 Å². The average molecular weight is 238 g/mol. The Morgan fingerprint density at radius 3 is 2.33 bits per heavy atom. The summed E-state index contributed by atoms with van der Waals surface area (Å²) in [5.74, 6) is 0. The lowest BCUT2D eigenvalue weighted by atomic mass is 10.3. The Labute approximate surface area is 88.7 Å². The topological polar surface area (TPSA) is 0 Å². The highest BCUT2D eigenvalue weighted by Crippen LogP contribution is 2.38. The molecule has 0 fully saturated rings. The monoisotopic (exact) mass is 236 g/mol. The van der Waals surface area contributed by atoms with E-state index in [1.54, 1.807) is 12.1 Å². The van der Waals surface area contributed by atoms with Gasteiger partial charge in [0.2, 0.25) is 0 Å². The van der Waals surface area contributed by atoms with Crippen LogP contribution in [0.4, 0.5) is 0 Å². The fourth-order valence-electron chi connectivity index (χ4n) is 1.03. The number of hydrogen-bond acceptors (Lipinski definition) is 1. The molecule has 0 amide bonds. The van der Waals surface area contributed by atoms with Crippen LogP contribution in [0.5, 0.6) is 0 Å². The van der Waals surface area contributed by atoms with Gasteiger partial charge in [-0.25, -0.2) is 0 Å². The third-order valence-electron chi connectivity index (χ3n) is 1.55. The molecule has 62 valence electrons. The number of thiophene rings is 1. The fourth-order valence-corrected chi connectivity index (χ4v) is 2.73. The summed E-state index contributed by atoms with van der Waals surface area (Å²) in [5.41, 5.74) is 0. The van der Waals surface area contributed by atoms with E-state index in [4.69, 9.17) is 34.8 Å². The van der Waals surface area contributed by atoms with E-state index in [1.807, 2.05) is 6.07 Å². The Morgan fingerprint density at radius 2 is 1.67 bits per heavy atom. The third-order valence-corrected chi connectivity index (χ3v) is 3.61. The molecule has 2 rings (SSSR count). The molecule has 0 aliphatic heterocycles. The summed E-state index contributed by atoms with van der Waals surface area (Å²) >= 11 is 19.1. The Bertz CT molecular complexity index is 394. The molecule has 0 radical (unpaired) electrons. The van der Waals surface area contributed by atoms with Crippen LogP contribution in [0.2, 0.25) is 14.4 Å². The van der Waals surface area contributed by atoms with Crippen LogP contribution in [0.3, 0.4) is 0 Å². The average Bonchev–Trinajstić information content (AvgIpc) is 2.41. The molecule has 0 bridgehead atoms. The zero-order chi connectivity index (χ0) is 8.72. The number of halogens is 3. The molecule has 1 aromatic carbocycles. The predicted octanol–water partition coefficient (Wildman–Crippen LogP) is 4.86. The lowest BCUT2D eigenvalue weighted by molar-refractivity contribution is 1.84. The minimum atomic E-state index is 0.692. The molecule has 4 heteroatoms. The first kappa shape index (κ1) is 8.64. The van der Waals surface area contributed by atoms with Crippen molar-refractivity contribution in [1.82, 2.24) is 0 Å². The maximum Gasteiger partial charge on any atom is 0.0941 e. The Kier molecular flexibility index (Phi) is 2.21. The number of hydrogen-bond donors (Lipinski definition) is 0. The summed E-state index contributed by atoms with van der Waals surface area (Å²) in [4.78, 5) is 0. The lowest BCUT2D eigenvalue weighted by Crippen LogP contribution is -1.66. The second kappa shape index (κ2) is 3.08. The summed E-state index contributed by atoms with van der Waals surface area (Å²) in [6, 6.07) is 5.38. The Balaban J connectivity index is 2.93. The molecule has 0 aliphatic rings. The zero-order valence-electron chi connectivity index (χ0n) is 5.77. The van der Waals surface area contributed by atoms with Crippen molar-refractivity contribution in [3.63, 3.8) is 0 Å². The minimum Gasteiger partial charge on any atom is -0.122 e. The minimum absolute atomic E-state index is 0.692. The van der Waals surface area contributed by atoms with Crippen molar-refractivity contribution in [3.05, 3.63) is 32.6 Å². The quantitative estimate of drug-likeness (QED) is 0.614. The van der Waals surface area contributed by atoms with Gasteiger partial charge in [0.1, 0.15) is 0 Å². The molecule has 2 aromatic rings. The van der Waals surface area contributed by atoms with Gasteiger partial charge in [-0.2, -0.15) is 0 Å². The maximum atomic E-state index is 5.94. The van der Waals surface area contributed by atoms with Crippen LogP contribution in [0.1, 0.15) is 0 Å². The van der Waals surface area contributed by atoms with Crippen LogP contribution in [-0.4, -0.2) is 0 Å². The van der Waals surface area contributed by atoms with E-state index in [9.17, 15) is 0 Å². The molecule has 1 heterocycles. The van der Waals surface area contributed by atoms with E-state index < -0.39 is 0 Å². The summed E-state index contributed by atoms with van der Waals surface area (Å²) < 4.78 is 1.66. The third kappa shape index (κ3) is 1.31. The van der Waals surface area contributed by atoms with Crippen molar-refractivity contribution in [1.29, 1.82) is 0 Å². The Morgan fingerprint density at radius 1 is 1.00 bits per heavy atom. The zero-order valence-corrected chi connectivity index (χ0v) is 8.86. The normalized spacial score (nSPS) is 10.9. The van der Waals surface area contributed by atoms with Crippen LogP contribution in [0.25, 0.3) is 10.1 Å². The van der Waals surface area contributed by atoms with Crippen LogP contribution in [0, 0.1) is 0 Å². The SMILES string of the molecule is Clc1cc2c(Cl)ccc(Cl)c2s1. The highest BCUT2D eigenvalue weighted by atomic mass is 35.5. The molecule has 0 N–H and O–H groups in total. The molecular formula is C8H3Cl3S. The standard InChI is InChI=1S/C8H3Cl3S/c9-5-1-2-6(10)8-4(5)3-7(11)12-8/h1-3H. The smallest absolute Gasteiger partial charge is 0.0941 e. The first-order valence-corrected chi connectivity index (χ1v) is 5.16. The van der Waals surface area contributed by atoms with E-state index in [-0.39, 0.29) is 0 Å². The van der Waals surface area contributed by atoms with Gasteiger partial charge in [0, 0.05) is 10.4 Å². The maximum absolute atomic E-state index is 5.94. The molecule has 0 saturated heterocycles. The van der Waals surface area contributed by atoms with Gasteiger partial charge in [-0.3, -0.25) is 0 Å². The van der Waals surface area contributed by atoms with Gasteiger partial charge in [-0.15, -0.1) is 11.3 Å². The summed E-state index contributed by atoms with van der Waals surface area (Å²) in [6.45, 7) is 0. The molecule has 0 nitrogen and oxygen atoms in total. The highest BCUT2D eigenvalue weighted by Gasteiger charge is 2.06. The molecular weight excluding hydrogens is 235 g/mol. The van der Waals surface area contributed by atoms with E-state index in [2.05, 4.69) is 0 Å². The van der Waals surface area contributed by atoms with E-state index in [0.29, 0.717) is 14.4 Å². The van der Waals surface area contributed by atoms with Crippen molar-refractivity contribution >= 4 is 56.2 Å². The number of fused-ring (bicyclic) bond motifs is 1. The van der Waals surface area contributed by atoms with Gasteiger partial charge in [0.15, 0.2) is 0 Å². The van der Waals surface area contributed by atoms with Crippen LogP contribution < -0.4 is 0 Å². The lowest BCUT2D eigenvalue weighted by Gasteiger charge is -1.94. The van der Waals surface area contributed by atoms with Crippen molar-refractivity contribution in [3.8, 4) is 0 Å². The summed E-state index contributed by atoms with van der Waals surface area (Å²) in [5, 5.41) is 2.32. The van der Waals surface area contributed by atoms with Crippen LogP contribution >= 0.6 is 46.1 Å². The highest BCUT2D eigenvalue weighted by molar-refractivity contribution is 7.23. The summed E-state index contributed by atoms with van der Waals surface area (Å²) in [7, 11) is 0. The van der Waals surface area contributed by atoms with Gasteiger partial charge in [-0.1, -0.05) is 34.8 Å². The van der Waals surface area contributed by atoms with E-state index in [0.717, 1.165) is 10.1 Å². The second-order valence-electron chi connectivity index (χ2n) is 2.32. The van der Waals surface area contributed by atoms with Crippen molar-refractivity contribution < 1.29 is 0 Å². The molecule has 1 aromatic heterocycles. The predicted molar refractivity (Wildman–Crippen MR) is 56.9 cm³/mol. The summed E-state index contributed by atoms with van der Waals surface area (Å²) in [6.07, 6.45) is 0.